The lowest BCUT2D eigenvalue weighted by Gasteiger charge is -2.02. The Labute approximate surface area is 90.4 Å². The molecule has 0 saturated carbocycles. The third kappa shape index (κ3) is 1.79. The van der Waals surface area contributed by atoms with Crippen molar-refractivity contribution in [2.45, 2.75) is 6.92 Å². The van der Waals surface area contributed by atoms with Gasteiger partial charge in [0.2, 0.25) is 5.82 Å². The van der Waals surface area contributed by atoms with Crippen molar-refractivity contribution in [2.75, 3.05) is 0 Å². The van der Waals surface area contributed by atoms with Gasteiger partial charge in [-0.25, -0.2) is 4.98 Å². The van der Waals surface area contributed by atoms with Crippen molar-refractivity contribution in [2.24, 2.45) is 0 Å². The van der Waals surface area contributed by atoms with E-state index in [1.807, 2.05) is 0 Å². The Morgan fingerprint density at radius 2 is 2.19 bits per heavy atom. The Kier molecular flexibility index (Phi) is 2.44. The molecule has 2 aromatic rings. The molecule has 4 nitrogen and oxygen atoms in total. The number of H-pyrrole nitrogens is 1. The zero-order chi connectivity index (χ0) is 11.7. The van der Waals surface area contributed by atoms with Crippen LogP contribution in [0.3, 0.4) is 0 Å². The smallest absolute Gasteiger partial charge is 0.287 e. The second-order valence-electron chi connectivity index (χ2n) is 3.36. The van der Waals surface area contributed by atoms with Gasteiger partial charge in [0.1, 0.15) is 11.6 Å². The van der Waals surface area contributed by atoms with Gasteiger partial charge in [0.25, 0.3) is 5.56 Å². The van der Waals surface area contributed by atoms with Crippen molar-refractivity contribution in [3.8, 4) is 17.1 Å². The van der Waals surface area contributed by atoms with E-state index < -0.39 is 11.4 Å². The fourth-order valence-corrected chi connectivity index (χ4v) is 1.36. The molecule has 0 atom stereocenters. The summed E-state index contributed by atoms with van der Waals surface area (Å²) in [7, 11) is 0. The summed E-state index contributed by atoms with van der Waals surface area (Å²) in [5.74, 6) is -0.592. The number of aromatic hydroxyl groups is 1. The monoisotopic (exact) mass is 220 g/mol. The van der Waals surface area contributed by atoms with Crippen LogP contribution in [0.4, 0.5) is 4.39 Å². The lowest BCUT2D eigenvalue weighted by molar-refractivity contribution is 0.475. The molecule has 82 valence electrons. The molecule has 0 bridgehead atoms. The van der Waals surface area contributed by atoms with Crippen LogP contribution in [0.2, 0.25) is 0 Å². The van der Waals surface area contributed by atoms with Crippen molar-refractivity contribution in [1.82, 2.24) is 9.97 Å². The van der Waals surface area contributed by atoms with Gasteiger partial charge < -0.3 is 10.1 Å². The Morgan fingerprint density at radius 1 is 1.44 bits per heavy atom. The minimum Gasteiger partial charge on any atom is -0.508 e. The number of hydrogen-bond donors (Lipinski definition) is 2. The molecule has 2 N–H and O–H groups in total. The molecule has 0 radical (unpaired) electrons. The SMILES string of the molecule is Cc1nc(-c2cccc(O)c2)[nH]c(=O)c1F. The molecular weight excluding hydrogens is 211 g/mol. The number of phenolic OH excluding ortho intramolecular Hbond substituents is 1. The molecule has 0 aliphatic rings. The number of halogens is 1. The molecule has 1 aromatic heterocycles. The first-order valence-corrected chi connectivity index (χ1v) is 4.64. The first kappa shape index (κ1) is 10.4. The molecule has 0 unspecified atom stereocenters. The summed E-state index contributed by atoms with van der Waals surface area (Å²) >= 11 is 0. The first-order chi connectivity index (χ1) is 7.58. The molecule has 0 spiro atoms. The highest BCUT2D eigenvalue weighted by Crippen LogP contribution is 2.19. The van der Waals surface area contributed by atoms with Crippen molar-refractivity contribution in [1.29, 1.82) is 0 Å². The summed E-state index contributed by atoms with van der Waals surface area (Å²) in [6.07, 6.45) is 0. The summed E-state index contributed by atoms with van der Waals surface area (Å²) in [6.45, 7) is 1.41. The average Bonchev–Trinajstić information content (AvgIpc) is 2.25. The fraction of sp³-hybridized carbons (Fsp3) is 0.0909. The summed E-state index contributed by atoms with van der Waals surface area (Å²) in [4.78, 5) is 17.4. The highest BCUT2D eigenvalue weighted by Gasteiger charge is 2.08. The van der Waals surface area contributed by atoms with Crippen LogP contribution in [-0.2, 0) is 0 Å². The van der Waals surface area contributed by atoms with Gasteiger partial charge in [-0.3, -0.25) is 4.79 Å². The van der Waals surface area contributed by atoms with E-state index >= 15 is 0 Å². The number of hydrogen-bond acceptors (Lipinski definition) is 3. The minimum atomic E-state index is -0.885. The summed E-state index contributed by atoms with van der Waals surface area (Å²) < 4.78 is 13.1. The van der Waals surface area contributed by atoms with E-state index in [2.05, 4.69) is 9.97 Å². The van der Waals surface area contributed by atoms with Gasteiger partial charge in [0.05, 0.1) is 5.69 Å². The quantitative estimate of drug-likeness (QED) is 0.766. The van der Waals surface area contributed by atoms with E-state index in [1.54, 1.807) is 12.1 Å². The van der Waals surface area contributed by atoms with Crippen molar-refractivity contribution in [3.63, 3.8) is 0 Å². The molecule has 2 rings (SSSR count). The van der Waals surface area contributed by atoms with Crippen LogP contribution in [-0.4, -0.2) is 15.1 Å². The Balaban J connectivity index is 2.61. The summed E-state index contributed by atoms with van der Waals surface area (Å²) in [5.41, 5.74) is -0.256. The topological polar surface area (TPSA) is 66.0 Å². The maximum Gasteiger partial charge on any atom is 0.287 e. The van der Waals surface area contributed by atoms with Gasteiger partial charge in [0.15, 0.2) is 0 Å². The number of aromatic nitrogens is 2. The molecular formula is C11H9FN2O2. The largest absolute Gasteiger partial charge is 0.508 e. The zero-order valence-corrected chi connectivity index (χ0v) is 8.49. The Bertz CT molecular complexity index is 593. The molecule has 16 heavy (non-hydrogen) atoms. The zero-order valence-electron chi connectivity index (χ0n) is 8.49. The molecule has 1 aromatic carbocycles. The molecule has 5 heteroatoms. The van der Waals surface area contributed by atoms with Gasteiger partial charge in [-0.1, -0.05) is 12.1 Å². The predicted octanol–water partition coefficient (Wildman–Crippen LogP) is 1.59. The lowest BCUT2D eigenvalue weighted by atomic mass is 10.2. The maximum atomic E-state index is 13.1. The number of aryl methyl sites for hydroxylation is 1. The number of nitrogens with zero attached hydrogens (tertiary/aromatic N) is 1. The highest BCUT2D eigenvalue weighted by molar-refractivity contribution is 5.57. The molecule has 0 amide bonds. The third-order valence-electron chi connectivity index (χ3n) is 2.15. The standard InChI is InChI=1S/C11H9FN2O2/c1-6-9(12)11(16)14-10(13-6)7-3-2-4-8(15)5-7/h2-5,15H,1H3,(H,13,14,16). The van der Waals surface area contributed by atoms with Crippen LogP contribution in [0.15, 0.2) is 29.1 Å². The van der Waals surface area contributed by atoms with Crippen LogP contribution in [0.5, 0.6) is 5.75 Å². The minimum absolute atomic E-state index is 0.0297. The molecule has 0 saturated heterocycles. The van der Waals surface area contributed by atoms with Gasteiger partial charge in [-0.15, -0.1) is 0 Å². The highest BCUT2D eigenvalue weighted by atomic mass is 19.1. The van der Waals surface area contributed by atoms with Crippen LogP contribution < -0.4 is 5.56 Å². The van der Waals surface area contributed by atoms with E-state index in [9.17, 15) is 14.3 Å². The normalized spacial score (nSPS) is 10.4. The number of nitrogens with one attached hydrogen (secondary N) is 1. The number of phenols is 1. The number of aromatic amines is 1. The molecule has 0 aliphatic carbocycles. The van der Waals surface area contributed by atoms with Crippen LogP contribution in [0.1, 0.15) is 5.69 Å². The van der Waals surface area contributed by atoms with Gasteiger partial charge >= 0.3 is 0 Å². The van der Waals surface area contributed by atoms with E-state index in [0.717, 1.165) is 0 Å². The van der Waals surface area contributed by atoms with Gasteiger partial charge in [-0.2, -0.15) is 4.39 Å². The Hall–Kier alpha value is -2.17. The lowest BCUT2D eigenvalue weighted by Crippen LogP contribution is -2.15. The molecule has 1 heterocycles. The first-order valence-electron chi connectivity index (χ1n) is 4.64. The second kappa shape index (κ2) is 3.77. The Morgan fingerprint density at radius 3 is 2.81 bits per heavy atom. The van der Waals surface area contributed by atoms with E-state index in [0.29, 0.717) is 5.56 Å². The maximum absolute atomic E-state index is 13.1. The summed E-state index contributed by atoms with van der Waals surface area (Å²) in [6, 6.07) is 6.21. The van der Waals surface area contributed by atoms with Gasteiger partial charge in [-0.05, 0) is 19.1 Å². The van der Waals surface area contributed by atoms with Crippen molar-refractivity contribution in [3.05, 3.63) is 46.1 Å². The second-order valence-corrected chi connectivity index (χ2v) is 3.36. The molecule has 0 aliphatic heterocycles. The van der Waals surface area contributed by atoms with Crippen LogP contribution >= 0.6 is 0 Å². The predicted molar refractivity (Wildman–Crippen MR) is 56.7 cm³/mol. The average molecular weight is 220 g/mol. The van der Waals surface area contributed by atoms with Crippen molar-refractivity contribution >= 4 is 0 Å². The third-order valence-corrected chi connectivity index (χ3v) is 2.15. The van der Waals surface area contributed by atoms with E-state index in [4.69, 9.17) is 0 Å². The van der Waals surface area contributed by atoms with E-state index in [-0.39, 0.29) is 17.3 Å². The fourth-order valence-electron chi connectivity index (χ4n) is 1.36. The number of rotatable bonds is 1. The van der Waals surface area contributed by atoms with E-state index in [1.165, 1.54) is 19.1 Å². The number of benzene rings is 1. The molecule has 0 fully saturated rings. The van der Waals surface area contributed by atoms with Crippen LogP contribution in [0.25, 0.3) is 11.4 Å². The van der Waals surface area contributed by atoms with Crippen LogP contribution in [0, 0.1) is 12.7 Å². The van der Waals surface area contributed by atoms with Gasteiger partial charge in [0, 0.05) is 5.56 Å². The van der Waals surface area contributed by atoms with Crippen molar-refractivity contribution < 1.29 is 9.50 Å². The summed E-state index contributed by atoms with van der Waals surface area (Å²) in [5, 5.41) is 9.27.